The topological polar surface area (TPSA) is 39.1 Å². The second-order valence-corrected chi connectivity index (χ2v) is 4.85. The molecule has 0 unspecified atom stereocenters. The zero-order valence-electron chi connectivity index (χ0n) is 12.3. The van der Waals surface area contributed by atoms with Gasteiger partial charge in [0.25, 0.3) is 0 Å². The Morgan fingerprint density at radius 1 is 1.45 bits per heavy atom. The molecule has 0 aliphatic rings. The molecule has 0 bridgehead atoms. The van der Waals surface area contributed by atoms with E-state index in [0.717, 1.165) is 22.7 Å². The van der Waals surface area contributed by atoms with Crippen LogP contribution in [0.25, 0.3) is 0 Å². The molecule has 2 aromatic rings. The van der Waals surface area contributed by atoms with Crippen LogP contribution < -0.4 is 10.1 Å². The maximum Gasteiger partial charge on any atom is 0.216 e. The summed E-state index contributed by atoms with van der Waals surface area (Å²) in [5.74, 6) is 0.535. The molecule has 1 N–H and O–H groups in total. The minimum absolute atomic E-state index is 0.0509. The third-order valence-corrected chi connectivity index (χ3v) is 3.42. The lowest BCUT2D eigenvalue weighted by Crippen LogP contribution is -2.18. The van der Waals surface area contributed by atoms with Crippen molar-refractivity contribution >= 4 is 0 Å². The lowest BCUT2D eigenvalue weighted by Gasteiger charge is -2.14. The normalized spacial score (nSPS) is 12.4. The van der Waals surface area contributed by atoms with Crippen LogP contribution in [0.4, 0.5) is 4.39 Å². The van der Waals surface area contributed by atoms with Crippen molar-refractivity contribution in [2.75, 3.05) is 7.11 Å². The number of aromatic nitrogens is 2. The van der Waals surface area contributed by atoms with Gasteiger partial charge in [-0.25, -0.2) is 9.07 Å². The van der Waals surface area contributed by atoms with Crippen molar-refractivity contribution < 1.29 is 9.13 Å². The molecule has 0 amide bonds. The molecule has 20 heavy (non-hydrogen) atoms. The second kappa shape index (κ2) is 6.05. The molecule has 108 valence electrons. The van der Waals surface area contributed by atoms with Gasteiger partial charge < -0.3 is 10.1 Å². The highest BCUT2D eigenvalue weighted by molar-refractivity contribution is 5.31. The number of hydrogen-bond donors (Lipinski definition) is 1. The van der Waals surface area contributed by atoms with Gasteiger partial charge in [0.1, 0.15) is 5.82 Å². The van der Waals surface area contributed by atoms with Crippen molar-refractivity contribution in [3.05, 3.63) is 46.9 Å². The van der Waals surface area contributed by atoms with Crippen LogP contribution in [0.2, 0.25) is 0 Å². The van der Waals surface area contributed by atoms with Gasteiger partial charge in [0, 0.05) is 19.6 Å². The Morgan fingerprint density at radius 2 is 2.20 bits per heavy atom. The number of ether oxygens (including phenoxy) is 1. The molecule has 5 heteroatoms. The molecule has 0 saturated heterocycles. The third kappa shape index (κ3) is 2.99. The monoisotopic (exact) mass is 277 g/mol. The second-order valence-electron chi connectivity index (χ2n) is 4.85. The molecule has 0 radical (unpaired) electrons. The molecular weight excluding hydrogens is 257 g/mol. The number of nitrogens with zero attached hydrogens (tertiary/aromatic N) is 2. The van der Waals surface area contributed by atoms with E-state index in [0.29, 0.717) is 6.54 Å². The third-order valence-electron chi connectivity index (χ3n) is 3.42. The zero-order chi connectivity index (χ0) is 14.7. The van der Waals surface area contributed by atoms with Gasteiger partial charge in [-0.1, -0.05) is 12.1 Å². The van der Waals surface area contributed by atoms with Gasteiger partial charge in [0.15, 0.2) is 0 Å². The number of rotatable bonds is 5. The molecule has 0 fully saturated rings. The molecule has 1 heterocycles. The average Bonchev–Trinajstić information content (AvgIpc) is 2.69. The highest BCUT2D eigenvalue weighted by atomic mass is 19.1. The van der Waals surface area contributed by atoms with E-state index in [1.807, 2.05) is 27.0 Å². The quantitative estimate of drug-likeness (QED) is 0.913. The molecule has 1 aromatic heterocycles. The molecule has 1 atom stereocenters. The summed E-state index contributed by atoms with van der Waals surface area (Å²) in [6, 6.07) is 6.68. The first-order chi connectivity index (χ1) is 9.52. The summed E-state index contributed by atoms with van der Waals surface area (Å²) < 4.78 is 20.3. The molecular formula is C15H20FN3O. The van der Waals surface area contributed by atoms with E-state index in [2.05, 4.69) is 10.4 Å². The van der Waals surface area contributed by atoms with Gasteiger partial charge in [-0.15, -0.1) is 0 Å². The van der Waals surface area contributed by atoms with E-state index in [4.69, 9.17) is 4.74 Å². The minimum atomic E-state index is -0.216. The number of nitrogens with one attached hydrogen (secondary N) is 1. The summed E-state index contributed by atoms with van der Waals surface area (Å²) in [6.45, 7) is 4.58. The van der Waals surface area contributed by atoms with Crippen LogP contribution >= 0.6 is 0 Å². The fraction of sp³-hybridized carbons (Fsp3) is 0.400. The van der Waals surface area contributed by atoms with Gasteiger partial charge in [-0.2, -0.15) is 5.10 Å². The molecule has 0 aliphatic heterocycles. The first-order valence-corrected chi connectivity index (χ1v) is 6.58. The number of halogens is 1. The van der Waals surface area contributed by atoms with Crippen LogP contribution in [0.3, 0.4) is 0 Å². The SMILES string of the molecule is COc1c(CN[C@@H](C)c2cccc(F)c2)c(C)nn1C. The number of aryl methyl sites for hydroxylation is 2. The molecule has 0 aliphatic carbocycles. The van der Waals surface area contributed by atoms with Crippen molar-refractivity contribution in [3.63, 3.8) is 0 Å². The van der Waals surface area contributed by atoms with Crippen molar-refractivity contribution in [2.24, 2.45) is 7.05 Å². The smallest absolute Gasteiger partial charge is 0.216 e. The maximum absolute atomic E-state index is 13.2. The summed E-state index contributed by atoms with van der Waals surface area (Å²) in [7, 11) is 3.49. The Balaban J connectivity index is 2.09. The predicted octanol–water partition coefficient (Wildman–Crippen LogP) is 2.73. The lowest BCUT2D eigenvalue weighted by molar-refractivity contribution is 0.367. The Bertz CT molecular complexity index is 595. The van der Waals surface area contributed by atoms with Gasteiger partial charge in [-0.3, -0.25) is 0 Å². The Kier molecular flexibility index (Phi) is 4.39. The minimum Gasteiger partial charge on any atom is -0.481 e. The number of benzene rings is 1. The van der Waals surface area contributed by atoms with E-state index < -0.39 is 0 Å². The Morgan fingerprint density at radius 3 is 2.85 bits per heavy atom. The van der Waals surface area contributed by atoms with Crippen LogP contribution in [0, 0.1) is 12.7 Å². The number of hydrogen-bond acceptors (Lipinski definition) is 3. The first kappa shape index (κ1) is 14.5. The van der Waals surface area contributed by atoms with Gasteiger partial charge >= 0.3 is 0 Å². The van der Waals surface area contributed by atoms with Crippen molar-refractivity contribution in [2.45, 2.75) is 26.4 Å². The fourth-order valence-electron chi connectivity index (χ4n) is 2.29. The predicted molar refractivity (Wildman–Crippen MR) is 76.2 cm³/mol. The Hall–Kier alpha value is -1.88. The van der Waals surface area contributed by atoms with Crippen molar-refractivity contribution in [1.82, 2.24) is 15.1 Å². The fourth-order valence-corrected chi connectivity index (χ4v) is 2.29. The number of methoxy groups -OCH3 is 1. The molecule has 1 aromatic carbocycles. The van der Waals surface area contributed by atoms with E-state index in [9.17, 15) is 4.39 Å². The van der Waals surface area contributed by atoms with Gasteiger partial charge in [0.2, 0.25) is 5.88 Å². The maximum atomic E-state index is 13.2. The molecule has 4 nitrogen and oxygen atoms in total. The summed E-state index contributed by atoms with van der Waals surface area (Å²) in [5.41, 5.74) is 2.88. The summed E-state index contributed by atoms with van der Waals surface area (Å²) >= 11 is 0. The summed E-state index contributed by atoms with van der Waals surface area (Å²) in [5, 5.41) is 7.71. The molecule has 0 saturated carbocycles. The van der Waals surface area contributed by atoms with Crippen molar-refractivity contribution in [3.8, 4) is 5.88 Å². The first-order valence-electron chi connectivity index (χ1n) is 6.58. The highest BCUT2D eigenvalue weighted by Crippen LogP contribution is 2.22. The summed E-state index contributed by atoms with van der Waals surface area (Å²) in [6.07, 6.45) is 0. The van der Waals surface area contributed by atoms with E-state index >= 15 is 0 Å². The lowest BCUT2D eigenvalue weighted by atomic mass is 10.1. The van der Waals surface area contributed by atoms with E-state index in [1.165, 1.54) is 6.07 Å². The highest BCUT2D eigenvalue weighted by Gasteiger charge is 2.15. The zero-order valence-corrected chi connectivity index (χ0v) is 12.3. The standard InChI is InChI=1S/C15H20FN3O/c1-10(12-6-5-7-13(16)8-12)17-9-14-11(2)18-19(3)15(14)20-4/h5-8,10,17H,9H2,1-4H3/t10-/m0/s1. The van der Waals surface area contributed by atoms with Crippen LogP contribution in [0.1, 0.15) is 29.8 Å². The van der Waals surface area contributed by atoms with Gasteiger partial charge in [-0.05, 0) is 31.5 Å². The average molecular weight is 277 g/mol. The largest absolute Gasteiger partial charge is 0.481 e. The van der Waals surface area contributed by atoms with Crippen LogP contribution in [-0.4, -0.2) is 16.9 Å². The van der Waals surface area contributed by atoms with E-state index in [-0.39, 0.29) is 11.9 Å². The van der Waals surface area contributed by atoms with Crippen LogP contribution in [0.5, 0.6) is 5.88 Å². The van der Waals surface area contributed by atoms with Crippen molar-refractivity contribution in [1.29, 1.82) is 0 Å². The Labute approximate surface area is 118 Å². The van der Waals surface area contributed by atoms with Crippen LogP contribution in [0.15, 0.2) is 24.3 Å². The molecule has 2 rings (SSSR count). The molecule has 0 spiro atoms. The van der Waals surface area contributed by atoms with Crippen LogP contribution in [-0.2, 0) is 13.6 Å². The van der Waals surface area contributed by atoms with E-state index in [1.54, 1.807) is 23.9 Å². The van der Waals surface area contributed by atoms with Gasteiger partial charge in [0.05, 0.1) is 18.4 Å². The summed E-state index contributed by atoms with van der Waals surface area (Å²) in [4.78, 5) is 0.